The number of aliphatic imine (C=N–C) groups is 1. The van der Waals surface area contributed by atoms with Gasteiger partial charge in [-0.1, -0.05) is 48.5 Å². The zero-order valence-corrected chi connectivity index (χ0v) is 16.1. The van der Waals surface area contributed by atoms with Gasteiger partial charge in [0.1, 0.15) is 5.75 Å². The van der Waals surface area contributed by atoms with E-state index in [4.69, 9.17) is 10.5 Å². The summed E-state index contributed by atoms with van der Waals surface area (Å²) >= 11 is 1.11. The molecule has 29 heavy (non-hydrogen) atoms. The summed E-state index contributed by atoms with van der Waals surface area (Å²) < 4.78 is 5.69. The molecular formula is C22H17N3O3S. The summed E-state index contributed by atoms with van der Waals surface area (Å²) in [6.45, 7) is -0.160. The number of thioether (sulfide) groups is 1. The average molecular weight is 403 g/mol. The molecule has 1 aliphatic rings. The van der Waals surface area contributed by atoms with Gasteiger partial charge in [-0.15, -0.1) is 0 Å². The van der Waals surface area contributed by atoms with Gasteiger partial charge in [0.25, 0.3) is 11.8 Å². The van der Waals surface area contributed by atoms with Crippen LogP contribution in [0.25, 0.3) is 16.8 Å². The van der Waals surface area contributed by atoms with E-state index in [0.29, 0.717) is 21.9 Å². The van der Waals surface area contributed by atoms with Gasteiger partial charge in [-0.25, -0.2) is 0 Å². The van der Waals surface area contributed by atoms with E-state index in [-0.39, 0.29) is 23.6 Å². The van der Waals surface area contributed by atoms with E-state index < -0.39 is 0 Å². The number of hydrogen-bond acceptors (Lipinski definition) is 5. The molecule has 0 saturated heterocycles. The molecule has 2 amide bonds. The summed E-state index contributed by atoms with van der Waals surface area (Å²) in [5.74, 6) is -0.162. The maximum Gasteiger partial charge on any atom is 0.286 e. The molecule has 0 radical (unpaired) electrons. The van der Waals surface area contributed by atoms with Crippen LogP contribution in [-0.2, 0) is 9.59 Å². The molecular weight excluding hydrogens is 386 g/mol. The molecule has 0 bridgehead atoms. The number of amides is 2. The number of carbonyl (C=O) groups excluding carboxylic acids is 2. The van der Waals surface area contributed by atoms with Gasteiger partial charge in [0.15, 0.2) is 11.8 Å². The Labute approximate surface area is 171 Å². The Balaban J connectivity index is 1.43. The number of carbonyl (C=O) groups is 2. The summed E-state index contributed by atoms with van der Waals surface area (Å²) in [6.07, 6.45) is 1.66. The molecule has 7 heteroatoms. The van der Waals surface area contributed by atoms with Gasteiger partial charge >= 0.3 is 0 Å². The first-order chi connectivity index (χ1) is 14.1. The van der Waals surface area contributed by atoms with Crippen molar-refractivity contribution in [1.29, 1.82) is 0 Å². The van der Waals surface area contributed by atoms with Crippen LogP contribution in [0.4, 0.5) is 5.69 Å². The van der Waals surface area contributed by atoms with Gasteiger partial charge in [0.05, 0.1) is 4.91 Å². The highest BCUT2D eigenvalue weighted by Gasteiger charge is 2.20. The summed E-state index contributed by atoms with van der Waals surface area (Å²) in [4.78, 5) is 28.2. The van der Waals surface area contributed by atoms with Gasteiger partial charge < -0.3 is 15.8 Å². The largest absolute Gasteiger partial charge is 0.483 e. The van der Waals surface area contributed by atoms with Gasteiger partial charge in [0.2, 0.25) is 0 Å². The normalized spacial score (nSPS) is 14.8. The van der Waals surface area contributed by atoms with Crippen LogP contribution < -0.4 is 15.8 Å². The smallest absolute Gasteiger partial charge is 0.286 e. The van der Waals surface area contributed by atoms with E-state index in [1.807, 2.05) is 48.5 Å². The number of para-hydroxylation sites is 1. The first kappa shape index (κ1) is 18.8. The fraction of sp³-hybridized carbons (Fsp3) is 0.0455. The SMILES string of the molecule is NC1=NC(=O)/C(=C/c2ccccc2OCC(=O)Nc2ccc3ccccc3c2)S1. The van der Waals surface area contributed by atoms with E-state index >= 15 is 0 Å². The van der Waals surface area contributed by atoms with Crippen molar-refractivity contribution in [3.05, 3.63) is 77.2 Å². The van der Waals surface area contributed by atoms with Crippen LogP contribution in [0.15, 0.2) is 76.6 Å². The third-order valence-electron chi connectivity index (χ3n) is 4.23. The van der Waals surface area contributed by atoms with Crippen LogP contribution in [0.2, 0.25) is 0 Å². The lowest BCUT2D eigenvalue weighted by Crippen LogP contribution is -2.20. The lowest BCUT2D eigenvalue weighted by atomic mass is 10.1. The van der Waals surface area contributed by atoms with Crippen LogP contribution >= 0.6 is 11.8 Å². The summed E-state index contributed by atoms with van der Waals surface area (Å²) in [5, 5.41) is 5.20. The lowest BCUT2D eigenvalue weighted by molar-refractivity contribution is -0.118. The molecule has 3 aromatic rings. The van der Waals surface area contributed by atoms with Crippen molar-refractivity contribution in [1.82, 2.24) is 0 Å². The standard InChI is InChI=1S/C22H17N3O3S/c23-22-25-21(27)19(29-22)12-16-7-3-4-8-18(16)28-13-20(26)24-17-10-9-14-5-1-2-6-15(14)11-17/h1-12H,13H2,(H,24,26)(H2,23,25,27)/b19-12-. The minimum Gasteiger partial charge on any atom is -0.483 e. The van der Waals surface area contributed by atoms with E-state index in [0.717, 1.165) is 22.5 Å². The fourth-order valence-electron chi connectivity index (χ4n) is 2.91. The Hall–Kier alpha value is -3.58. The molecule has 3 N–H and O–H groups in total. The van der Waals surface area contributed by atoms with Crippen LogP contribution in [0.3, 0.4) is 0 Å². The second kappa shape index (κ2) is 8.20. The topological polar surface area (TPSA) is 93.8 Å². The van der Waals surface area contributed by atoms with Gasteiger partial charge in [-0.05, 0) is 46.8 Å². The number of fused-ring (bicyclic) bond motifs is 1. The van der Waals surface area contributed by atoms with E-state index in [1.54, 1.807) is 24.3 Å². The summed E-state index contributed by atoms with van der Waals surface area (Å²) in [5.41, 5.74) is 6.96. The second-order valence-electron chi connectivity index (χ2n) is 6.30. The average Bonchev–Trinajstić information content (AvgIpc) is 3.04. The molecule has 0 spiro atoms. The number of anilines is 1. The molecule has 6 nitrogen and oxygen atoms in total. The van der Waals surface area contributed by atoms with E-state index in [1.165, 1.54) is 0 Å². The fourth-order valence-corrected chi connectivity index (χ4v) is 3.58. The van der Waals surface area contributed by atoms with Crippen molar-refractivity contribution >= 4 is 51.3 Å². The minimum atomic E-state index is -0.378. The Morgan fingerprint density at radius 1 is 1.07 bits per heavy atom. The third kappa shape index (κ3) is 4.47. The highest BCUT2D eigenvalue weighted by atomic mass is 32.2. The highest BCUT2D eigenvalue weighted by Crippen LogP contribution is 2.29. The first-order valence-corrected chi connectivity index (χ1v) is 9.69. The molecule has 0 fully saturated rings. The van der Waals surface area contributed by atoms with Crippen LogP contribution in [0, 0.1) is 0 Å². The van der Waals surface area contributed by atoms with Gasteiger partial charge in [-0.3, -0.25) is 9.59 Å². The third-order valence-corrected chi connectivity index (χ3v) is 5.05. The van der Waals surface area contributed by atoms with Crippen LogP contribution in [0.5, 0.6) is 5.75 Å². The number of amidine groups is 1. The van der Waals surface area contributed by atoms with Crippen molar-refractivity contribution in [3.63, 3.8) is 0 Å². The molecule has 4 rings (SSSR count). The van der Waals surface area contributed by atoms with Crippen molar-refractivity contribution in [3.8, 4) is 5.75 Å². The molecule has 3 aromatic carbocycles. The first-order valence-electron chi connectivity index (χ1n) is 8.87. The molecule has 0 aromatic heterocycles. The predicted octanol–water partition coefficient (Wildman–Crippen LogP) is 3.79. The Kier molecular flexibility index (Phi) is 5.31. The van der Waals surface area contributed by atoms with E-state index in [9.17, 15) is 9.59 Å². The molecule has 0 saturated carbocycles. The molecule has 0 atom stereocenters. The number of benzene rings is 3. The predicted molar refractivity (Wildman–Crippen MR) is 117 cm³/mol. The molecule has 144 valence electrons. The van der Waals surface area contributed by atoms with Crippen molar-refractivity contribution in [2.45, 2.75) is 0 Å². The zero-order chi connectivity index (χ0) is 20.2. The van der Waals surface area contributed by atoms with Gasteiger partial charge in [0, 0.05) is 11.3 Å². The summed E-state index contributed by atoms with van der Waals surface area (Å²) in [7, 11) is 0. The van der Waals surface area contributed by atoms with Gasteiger partial charge in [-0.2, -0.15) is 4.99 Å². The number of hydrogen-bond donors (Lipinski definition) is 2. The molecule has 1 aliphatic heterocycles. The van der Waals surface area contributed by atoms with Crippen molar-refractivity contribution in [2.75, 3.05) is 11.9 Å². The quantitative estimate of drug-likeness (QED) is 0.632. The maximum atomic E-state index is 12.3. The maximum absolute atomic E-state index is 12.3. The Bertz CT molecular complexity index is 1170. The zero-order valence-electron chi connectivity index (χ0n) is 15.3. The summed E-state index contributed by atoms with van der Waals surface area (Å²) in [6, 6.07) is 20.8. The number of nitrogens with one attached hydrogen (secondary N) is 1. The van der Waals surface area contributed by atoms with Crippen LogP contribution in [0.1, 0.15) is 5.56 Å². The molecule has 1 heterocycles. The number of ether oxygens (including phenoxy) is 1. The molecule has 0 aliphatic carbocycles. The highest BCUT2D eigenvalue weighted by molar-refractivity contribution is 8.18. The van der Waals surface area contributed by atoms with E-state index in [2.05, 4.69) is 10.3 Å². The Morgan fingerprint density at radius 2 is 1.83 bits per heavy atom. The number of rotatable bonds is 5. The number of nitrogens with two attached hydrogens (primary N) is 1. The second-order valence-corrected chi connectivity index (χ2v) is 7.36. The van der Waals surface area contributed by atoms with Crippen LogP contribution in [-0.4, -0.2) is 23.6 Å². The minimum absolute atomic E-state index is 0.160. The Morgan fingerprint density at radius 3 is 2.62 bits per heavy atom. The van der Waals surface area contributed by atoms with Crippen molar-refractivity contribution < 1.29 is 14.3 Å². The lowest BCUT2D eigenvalue weighted by Gasteiger charge is -2.10. The monoisotopic (exact) mass is 403 g/mol. The van der Waals surface area contributed by atoms with Crippen molar-refractivity contribution in [2.24, 2.45) is 10.7 Å². The molecule has 0 unspecified atom stereocenters. The number of nitrogens with zero attached hydrogens (tertiary/aromatic N) is 1.